The van der Waals surface area contributed by atoms with Crippen molar-refractivity contribution in [2.45, 2.75) is 11.8 Å². The number of pyridine rings is 1. The van der Waals surface area contributed by atoms with Crippen LogP contribution in [0.3, 0.4) is 0 Å². The summed E-state index contributed by atoms with van der Waals surface area (Å²) in [6, 6.07) is 20.0. The molecule has 4 rings (SSSR count). The van der Waals surface area contributed by atoms with Crippen LogP contribution in [0, 0.1) is 6.92 Å². The van der Waals surface area contributed by atoms with Crippen molar-refractivity contribution in [2.75, 3.05) is 4.72 Å². The van der Waals surface area contributed by atoms with Gasteiger partial charge in [-0.15, -0.1) is 0 Å². The van der Waals surface area contributed by atoms with Gasteiger partial charge in [0.1, 0.15) is 11.3 Å². The molecule has 0 atom stereocenters. The third kappa shape index (κ3) is 3.48. The summed E-state index contributed by atoms with van der Waals surface area (Å²) >= 11 is 3.44. The molecule has 0 saturated carbocycles. The number of rotatable bonds is 4. The first-order valence-electron chi connectivity index (χ1n) is 8.26. The molecule has 2 aromatic carbocycles. The summed E-state index contributed by atoms with van der Waals surface area (Å²) in [7, 11) is -3.76. The van der Waals surface area contributed by atoms with Gasteiger partial charge in [0.15, 0.2) is 5.82 Å². The van der Waals surface area contributed by atoms with Crippen LogP contribution in [0.25, 0.3) is 16.9 Å². The minimum atomic E-state index is -3.76. The molecule has 2 aromatic heterocycles. The van der Waals surface area contributed by atoms with Crippen molar-refractivity contribution >= 4 is 37.4 Å². The number of imidazole rings is 1. The topological polar surface area (TPSA) is 63.5 Å². The molecular formula is C20H16BrN3O2S. The third-order valence-corrected chi connectivity index (χ3v) is 6.02. The highest BCUT2D eigenvalue weighted by atomic mass is 79.9. The Kier molecular flexibility index (Phi) is 4.49. The van der Waals surface area contributed by atoms with Crippen LogP contribution in [0.1, 0.15) is 5.56 Å². The van der Waals surface area contributed by atoms with E-state index in [1.165, 1.54) is 0 Å². The summed E-state index contributed by atoms with van der Waals surface area (Å²) in [5, 5.41) is 0. The molecule has 0 aliphatic rings. The Morgan fingerprint density at radius 3 is 2.37 bits per heavy atom. The number of hydrogen-bond donors (Lipinski definition) is 1. The largest absolute Gasteiger partial charge is 0.284 e. The lowest BCUT2D eigenvalue weighted by Crippen LogP contribution is -2.15. The van der Waals surface area contributed by atoms with E-state index in [-0.39, 0.29) is 4.90 Å². The number of anilines is 1. The summed E-state index contributed by atoms with van der Waals surface area (Å²) in [5.74, 6) is 0.401. The summed E-state index contributed by atoms with van der Waals surface area (Å²) in [6.45, 7) is 1.92. The Morgan fingerprint density at radius 1 is 0.963 bits per heavy atom. The Bertz CT molecular complexity index is 1220. The molecule has 0 fully saturated rings. The van der Waals surface area contributed by atoms with Crippen molar-refractivity contribution in [1.82, 2.24) is 9.38 Å². The van der Waals surface area contributed by atoms with Crippen LogP contribution in [-0.4, -0.2) is 17.8 Å². The smallest absolute Gasteiger partial charge is 0.263 e. The molecule has 0 unspecified atom stereocenters. The monoisotopic (exact) mass is 441 g/mol. The molecule has 0 aliphatic heterocycles. The molecule has 5 nitrogen and oxygen atoms in total. The van der Waals surface area contributed by atoms with Gasteiger partial charge in [-0.3, -0.25) is 9.12 Å². The number of fused-ring (bicyclic) bond motifs is 1. The summed E-state index contributed by atoms with van der Waals surface area (Å²) < 4.78 is 31.2. The van der Waals surface area contributed by atoms with Crippen molar-refractivity contribution in [1.29, 1.82) is 0 Å². The van der Waals surface area contributed by atoms with Gasteiger partial charge >= 0.3 is 0 Å². The lowest BCUT2D eigenvalue weighted by molar-refractivity contribution is 0.601. The first-order chi connectivity index (χ1) is 12.9. The fourth-order valence-electron chi connectivity index (χ4n) is 2.82. The number of nitrogens with one attached hydrogen (secondary N) is 1. The molecule has 0 bridgehead atoms. The molecule has 0 spiro atoms. The van der Waals surface area contributed by atoms with E-state index in [9.17, 15) is 8.42 Å². The van der Waals surface area contributed by atoms with E-state index in [4.69, 9.17) is 0 Å². The number of halogens is 1. The van der Waals surface area contributed by atoms with Gasteiger partial charge in [-0.25, -0.2) is 13.4 Å². The van der Waals surface area contributed by atoms with Crippen LogP contribution in [-0.2, 0) is 10.0 Å². The highest BCUT2D eigenvalue weighted by Gasteiger charge is 2.21. The molecule has 1 N–H and O–H groups in total. The molecule has 0 saturated heterocycles. The van der Waals surface area contributed by atoms with Crippen LogP contribution in [0.2, 0.25) is 0 Å². The van der Waals surface area contributed by atoms with E-state index in [1.807, 2.05) is 49.4 Å². The van der Waals surface area contributed by atoms with Crippen LogP contribution >= 0.6 is 15.9 Å². The van der Waals surface area contributed by atoms with Gasteiger partial charge < -0.3 is 0 Å². The van der Waals surface area contributed by atoms with Crippen molar-refractivity contribution in [3.05, 3.63) is 83.0 Å². The van der Waals surface area contributed by atoms with Gasteiger partial charge in [-0.2, -0.15) is 0 Å². The molecule has 0 aliphatic carbocycles. The van der Waals surface area contributed by atoms with Crippen LogP contribution in [0.4, 0.5) is 5.82 Å². The SMILES string of the molecule is Cc1ccc(S(=O)(=O)Nc2c(-c3ccccc3)nc3ccc(Br)cn23)cc1. The molecular weight excluding hydrogens is 426 g/mol. The summed E-state index contributed by atoms with van der Waals surface area (Å²) in [6.07, 6.45) is 1.79. The maximum atomic E-state index is 13.0. The van der Waals surface area contributed by atoms with Crippen LogP contribution < -0.4 is 4.72 Å². The first kappa shape index (κ1) is 17.8. The lowest BCUT2D eigenvalue weighted by Gasteiger charge is -2.10. The maximum absolute atomic E-state index is 13.0. The number of nitrogens with zero attached hydrogens (tertiary/aromatic N) is 2. The molecule has 7 heteroatoms. The Labute approximate surface area is 165 Å². The summed E-state index contributed by atoms with van der Waals surface area (Å²) in [5.41, 5.74) is 3.06. The number of aromatic nitrogens is 2. The second-order valence-electron chi connectivity index (χ2n) is 6.17. The highest BCUT2D eigenvalue weighted by Crippen LogP contribution is 2.31. The highest BCUT2D eigenvalue weighted by molar-refractivity contribution is 9.10. The van der Waals surface area contributed by atoms with E-state index < -0.39 is 10.0 Å². The molecule has 4 aromatic rings. The zero-order chi connectivity index (χ0) is 19.0. The fraction of sp³-hybridized carbons (Fsp3) is 0.0500. The van der Waals surface area contributed by atoms with Crippen molar-refractivity contribution in [3.63, 3.8) is 0 Å². The zero-order valence-electron chi connectivity index (χ0n) is 14.4. The second-order valence-corrected chi connectivity index (χ2v) is 8.77. The van der Waals surface area contributed by atoms with Crippen LogP contribution in [0.5, 0.6) is 0 Å². The van der Waals surface area contributed by atoms with Crippen LogP contribution in [0.15, 0.2) is 82.3 Å². The predicted octanol–water partition coefficient (Wildman–Crippen LogP) is 4.87. The zero-order valence-corrected chi connectivity index (χ0v) is 16.8. The van der Waals surface area contributed by atoms with Gasteiger partial charge in [0, 0.05) is 16.2 Å². The van der Waals surface area contributed by atoms with E-state index in [0.29, 0.717) is 17.2 Å². The average Bonchev–Trinajstić information content (AvgIpc) is 3.00. The lowest BCUT2D eigenvalue weighted by atomic mass is 10.1. The average molecular weight is 442 g/mol. The van der Waals surface area contributed by atoms with Gasteiger partial charge in [0.2, 0.25) is 0 Å². The Hall–Kier alpha value is -2.64. The quantitative estimate of drug-likeness (QED) is 0.491. The Morgan fingerprint density at radius 2 is 1.67 bits per heavy atom. The summed E-state index contributed by atoms with van der Waals surface area (Å²) in [4.78, 5) is 4.84. The predicted molar refractivity (Wildman–Crippen MR) is 110 cm³/mol. The van der Waals surface area contributed by atoms with E-state index in [0.717, 1.165) is 15.6 Å². The van der Waals surface area contributed by atoms with Gasteiger partial charge in [-0.1, -0.05) is 48.0 Å². The molecule has 0 amide bonds. The van der Waals surface area contributed by atoms with Crippen molar-refractivity contribution in [2.24, 2.45) is 0 Å². The fourth-order valence-corrected chi connectivity index (χ4v) is 4.22. The number of sulfonamides is 1. The van der Waals surface area contributed by atoms with Gasteiger partial charge in [0.05, 0.1) is 4.90 Å². The van der Waals surface area contributed by atoms with E-state index >= 15 is 0 Å². The molecule has 27 heavy (non-hydrogen) atoms. The maximum Gasteiger partial charge on any atom is 0.263 e. The third-order valence-electron chi connectivity index (χ3n) is 4.19. The minimum absolute atomic E-state index is 0.206. The van der Waals surface area contributed by atoms with E-state index in [2.05, 4.69) is 25.6 Å². The first-order valence-corrected chi connectivity index (χ1v) is 10.5. The molecule has 136 valence electrons. The van der Waals surface area contributed by atoms with Crippen molar-refractivity contribution in [3.8, 4) is 11.3 Å². The molecule has 0 radical (unpaired) electrons. The number of benzene rings is 2. The molecule has 2 heterocycles. The standard InChI is InChI=1S/C20H16BrN3O2S/c1-14-7-10-17(11-8-14)27(25,26)23-20-19(15-5-3-2-4-6-15)22-18-12-9-16(21)13-24(18)20/h2-13,23H,1H3. The Balaban J connectivity index is 1.89. The number of hydrogen-bond acceptors (Lipinski definition) is 3. The van der Waals surface area contributed by atoms with Crippen molar-refractivity contribution < 1.29 is 8.42 Å². The van der Waals surface area contributed by atoms with Gasteiger partial charge in [-0.05, 0) is 47.1 Å². The van der Waals surface area contributed by atoms with Gasteiger partial charge in [0.25, 0.3) is 10.0 Å². The minimum Gasteiger partial charge on any atom is -0.284 e. The second kappa shape index (κ2) is 6.83. The number of aryl methyl sites for hydroxylation is 1. The van der Waals surface area contributed by atoms with E-state index in [1.54, 1.807) is 34.9 Å². The normalized spacial score (nSPS) is 11.6.